The molecule has 1 unspecified atom stereocenters. The molecule has 6 aliphatic rings. The van der Waals surface area contributed by atoms with Crippen LogP contribution in [0.1, 0.15) is 36.8 Å². The molecule has 1 aromatic carbocycles. The van der Waals surface area contributed by atoms with E-state index < -0.39 is 11.0 Å². The number of hydrogen-bond donors (Lipinski definition) is 2. The Kier molecular flexibility index (Phi) is 3.53. The maximum atomic E-state index is 12.4. The maximum Gasteiger partial charge on any atom is 0.166 e. The summed E-state index contributed by atoms with van der Waals surface area (Å²) in [5.41, 5.74) is 2.20. The SMILES string of the molecule is Oc1ccc2c3c1O[C@@H]1C(N4CCOCC4)=CC[C@]4(O)C(C2)N(CC2CC2)CC[C@@]314. The van der Waals surface area contributed by atoms with E-state index in [0.717, 1.165) is 63.7 Å². The van der Waals surface area contributed by atoms with Crippen LogP contribution in [0.3, 0.4) is 0 Å². The zero-order valence-electron chi connectivity index (χ0n) is 17.3. The third kappa shape index (κ3) is 2.10. The highest BCUT2D eigenvalue weighted by Crippen LogP contribution is 2.65. The number of piperidine rings is 1. The third-order valence-corrected chi connectivity index (χ3v) is 8.78. The summed E-state index contributed by atoms with van der Waals surface area (Å²) in [6.45, 7) is 5.26. The fraction of sp³-hybridized carbons (Fsp3) is 0.667. The lowest BCUT2D eigenvalue weighted by Crippen LogP contribution is -2.75. The van der Waals surface area contributed by atoms with E-state index in [1.807, 2.05) is 0 Å². The molecule has 4 atom stereocenters. The molecule has 3 heterocycles. The van der Waals surface area contributed by atoms with Gasteiger partial charge in [0.2, 0.25) is 0 Å². The highest BCUT2D eigenvalue weighted by molar-refractivity contribution is 5.64. The van der Waals surface area contributed by atoms with Crippen molar-refractivity contribution < 1.29 is 19.7 Å². The molecular formula is C24H30N2O4. The van der Waals surface area contributed by atoms with Crippen LogP contribution in [0.25, 0.3) is 0 Å². The highest BCUT2D eigenvalue weighted by atomic mass is 16.5. The number of aromatic hydroxyl groups is 1. The Bertz CT molecular complexity index is 937. The molecule has 2 saturated heterocycles. The monoisotopic (exact) mass is 410 g/mol. The van der Waals surface area contributed by atoms with Gasteiger partial charge in [0.15, 0.2) is 17.6 Å². The second kappa shape index (κ2) is 5.93. The van der Waals surface area contributed by atoms with Gasteiger partial charge in [-0.1, -0.05) is 12.1 Å². The largest absolute Gasteiger partial charge is 0.504 e. The Labute approximate surface area is 177 Å². The third-order valence-electron chi connectivity index (χ3n) is 8.78. The van der Waals surface area contributed by atoms with Crippen molar-refractivity contribution in [3.63, 3.8) is 0 Å². The van der Waals surface area contributed by atoms with E-state index in [1.165, 1.54) is 24.1 Å². The normalized spacial score (nSPS) is 39.4. The van der Waals surface area contributed by atoms with Crippen molar-refractivity contribution in [3.05, 3.63) is 35.0 Å². The number of hydrogen-bond acceptors (Lipinski definition) is 6. The molecule has 160 valence electrons. The Balaban J connectivity index is 1.40. The number of likely N-dealkylation sites (tertiary alicyclic amines) is 1. The lowest BCUT2D eigenvalue weighted by molar-refractivity contribution is -0.168. The Morgan fingerprint density at radius 2 is 1.97 bits per heavy atom. The van der Waals surface area contributed by atoms with E-state index in [0.29, 0.717) is 12.2 Å². The molecule has 0 amide bonds. The van der Waals surface area contributed by atoms with Gasteiger partial charge in [-0.3, -0.25) is 4.90 Å². The van der Waals surface area contributed by atoms with Crippen molar-refractivity contribution in [2.45, 2.75) is 55.3 Å². The second-order valence-corrected chi connectivity index (χ2v) is 10.2. The summed E-state index contributed by atoms with van der Waals surface area (Å²) in [6, 6.07) is 3.97. The fourth-order valence-corrected chi connectivity index (χ4v) is 7.20. The van der Waals surface area contributed by atoms with Crippen molar-refractivity contribution >= 4 is 0 Å². The van der Waals surface area contributed by atoms with E-state index in [-0.39, 0.29) is 17.9 Å². The number of benzene rings is 1. The van der Waals surface area contributed by atoms with Gasteiger partial charge in [0.05, 0.1) is 29.9 Å². The predicted octanol–water partition coefficient (Wildman–Crippen LogP) is 1.78. The molecule has 3 aliphatic heterocycles. The summed E-state index contributed by atoms with van der Waals surface area (Å²) in [4.78, 5) is 4.95. The van der Waals surface area contributed by atoms with Crippen molar-refractivity contribution in [2.75, 3.05) is 39.4 Å². The summed E-state index contributed by atoms with van der Waals surface area (Å²) in [6.07, 6.45) is 7.02. The Morgan fingerprint density at radius 1 is 1.13 bits per heavy atom. The number of aliphatic hydroxyl groups is 1. The lowest BCUT2D eigenvalue weighted by atomic mass is 9.50. The quantitative estimate of drug-likeness (QED) is 0.792. The molecule has 30 heavy (non-hydrogen) atoms. The molecule has 7 rings (SSSR count). The number of rotatable bonds is 3. The molecule has 3 fully saturated rings. The number of ether oxygens (including phenoxy) is 2. The van der Waals surface area contributed by atoms with Crippen molar-refractivity contribution in [2.24, 2.45) is 5.92 Å². The first-order valence-electron chi connectivity index (χ1n) is 11.6. The smallest absolute Gasteiger partial charge is 0.166 e. The predicted molar refractivity (Wildman–Crippen MR) is 111 cm³/mol. The molecule has 1 aromatic rings. The minimum absolute atomic E-state index is 0.114. The van der Waals surface area contributed by atoms with E-state index >= 15 is 0 Å². The topological polar surface area (TPSA) is 65.4 Å². The molecule has 3 aliphatic carbocycles. The second-order valence-electron chi connectivity index (χ2n) is 10.2. The number of nitrogens with zero attached hydrogens (tertiary/aromatic N) is 2. The molecular weight excluding hydrogens is 380 g/mol. The first-order valence-corrected chi connectivity index (χ1v) is 11.6. The maximum absolute atomic E-state index is 12.4. The van der Waals surface area contributed by atoms with Crippen LogP contribution < -0.4 is 4.74 Å². The van der Waals surface area contributed by atoms with Crippen LogP contribution in [0.2, 0.25) is 0 Å². The summed E-state index contributed by atoms with van der Waals surface area (Å²) in [5, 5.41) is 23.1. The molecule has 1 saturated carbocycles. The number of phenols is 1. The molecule has 0 radical (unpaired) electrons. The van der Waals surface area contributed by atoms with Gasteiger partial charge in [0.1, 0.15) is 0 Å². The van der Waals surface area contributed by atoms with Gasteiger partial charge in [0, 0.05) is 31.2 Å². The minimum atomic E-state index is -0.855. The van der Waals surface area contributed by atoms with Crippen LogP contribution in [-0.4, -0.2) is 77.2 Å². The van der Waals surface area contributed by atoms with Gasteiger partial charge >= 0.3 is 0 Å². The van der Waals surface area contributed by atoms with Crippen LogP contribution in [0.15, 0.2) is 23.9 Å². The van der Waals surface area contributed by atoms with Gasteiger partial charge in [-0.05, 0) is 56.2 Å². The average molecular weight is 411 g/mol. The summed E-state index contributed by atoms with van der Waals surface area (Å²) in [5.74, 6) is 1.63. The van der Waals surface area contributed by atoms with Gasteiger partial charge in [-0.15, -0.1) is 0 Å². The van der Waals surface area contributed by atoms with Crippen LogP contribution in [-0.2, 0) is 16.6 Å². The van der Waals surface area contributed by atoms with Crippen LogP contribution in [0.4, 0.5) is 0 Å². The van der Waals surface area contributed by atoms with Crippen LogP contribution in [0, 0.1) is 5.92 Å². The van der Waals surface area contributed by atoms with Gasteiger partial charge in [-0.25, -0.2) is 0 Å². The van der Waals surface area contributed by atoms with E-state index in [2.05, 4.69) is 21.9 Å². The Hall–Kier alpha value is -1.76. The number of phenolic OH excluding ortho intramolecular Hbond substituents is 1. The Morgan fingerprint density at radius 3 is 2.77 bits per heavy atom. The average Bonchev–Trinajstić information content (AvgIpc) is 3.50. The summed E-state index contributed by atoms with van der Waals surface area (Å²) < 4.78 is 12.2. The highest BCUT2D eigenvalue weighted by Gasteiger charge is 2.72. The molecule has 1 spiro atoms. The van der Waals surface area contributed by atoms with Crippen LogP contribution in [0.5, 0.6) is 11.5 Å². The first kappa shape index (κ1) is 17.9. The zero-order chi connectivity index (χ0) is 20.1. The summed E-state index contributed by atoms with van der Waals surface area (Å²) >= 11 is 0. The zero-order valence-corrected chi connectivity index (χ0v) is 17.3. The van der Waals surface area contributed by atoms with Crippen molar-refractivity contribution in [3.8, 4) is 11.5 Å². The van der Waals surface area contributed by atoms with Gasteiger partial charge in [-0.2, -0.15) is 0 Å². The van der Waals surface area contributed by atoms with E-state index in [9.17, 15) is 10.2 Å². The number of morpholine rings is 1. The fourth-order valence-electron chi connectivity index (χ4n) is 7.20. The van der Waals surface area contributed by atoms with Gasteiger partial charge in [0.25, 0.3) is 0 Å². The molecule has 2 N–H and O–H groups in total. The lowest BCUT2D eigenvalue weighted by Gasteiger charge is -2.63. The molecule has 6 nitrogen and oxygen atoms in total. The summed E-state index contributed by atoms with van der Waals surface area (Å²) in [7, 11) is 0. The van der Waals surface area contributed by atoms with Crippen LogP contribution >= 0.6 is 0 Å². The molecule has 2 bridgehead atoms. The van der Waals surface area contributed by atoms with E-state index in [4.69, 9.17) is 9.47 Å². The van der Waals surface area contributed by atoms with Gasteiger partial charge < -0.3 is 24.6 Å². The molecule has 6 heteroatoms. The standard InChI is InChI=1S/C24H30N2O4/c27-18-4-3-16-13-19-24(28)6-5-17(25-9-11-29-12-10-25)22-23(24,20(16)21(18)30-22)7-8-26(19)14-15-1-2-15/h3-5,15,19,22,27-28H,1-2,6-14H2/t19?,22-,23-,24+/m1/s1. The first-order chi connectivity index (χ1) is 14.6. The molecule has 0 aromatic heterocycles. The van der Waals surface area contributed by atoms with Crippen molar-refractivity contribution in [1.29, 1.82) is 0 Å². The van der Waals surface area contributed by atoms with E-state index in [1.54, 1.807) is 6.07 Å². The van der Waals surface area contributed by atoms with Crippen molar-refractivity contribution in [1.82, 2.24) is 9.80 Å². The minimum Gasteiger partial charge on any atom is -0.504 e.